The van der Waals surface area contributed by atoms with Gasteiger partial charge in [-0.25, -0.2) is 0 Å². The number of carbonyl (C=O) groups is 1. The van der Waals surface area contributed by atoms with Crippen molar-refractivity contribution in [2.75, 3.05) is 32.6 Å². The standard InChI is InChI=1S/C11H18N4O2S/c1-7-4-15(5-8(7)10(16)17-3)6-9-13-14-11(12-2)18-9/h7-8H,4-6H2,1-3H3,(H,12,14). The largest absolute Gasteiger partial charge is 0.469 e. The van der Waals surface area contributed by atoms with Crippen LogP contribution in [0.25, 0.3) is 0 Å². The third kappa shape index (κ3) is 2.78. The number of rotatable bonds is 4. The van der Waals surface area contributed by atoms with Gasteiger partial charge in [0.05, 0.1) is 19.6 Å². The van der Waals surface area contributed by atoms with E-state index in [-0.39, 0.29) is 11.9 Å². The molecular formula is C11H18N4O2S. The van der Waals surface area contributed by atoms with E-state index in [0.717, 1.165) is 29.8 Å². The Kier molecular flexibility index (Phi) is 4.13. The lowest BCUT2D eigenvalue weighted by Gasteiger charge is -2.12. The van der Waals surface area contributed by atoms with Gasteiger partial charge < -0.3 is 10.1 Å². The second kappa shape index (κ2) is 5.62. The number of anilines is 1. The van der Waals surface area contributed by atoms with E-state index in [1.165, 1.54) is 7.11 Å². The van der Waals surface area contributed by atoms with Crippen LogP contribution in [0.1, 0.15) is 11.9 Å². The van der Waals surface area contributed by atoms with Crippen LogP contribution in [0.2, 0.25) is 0 Å². The van der Waals surface area contributed by atoms with Gasteiger partial charge in [-0.15, -0.1) is 10.2 Å². The zero-order valence-corrected chi connectivity index (χ0v) is 11.7. The lowest BCUT2D eigenvalue weighted by molar-refractivity contribution is -0.146. The number of carbonyl (C=O) groups excluding carboxylic acids is 1. The van der Waals surface area contributed by atoms with Crippen LogP contribution >= 0.6 is 11.3 Å². The molecule has 2 atom stereocenters. The second-order valence-electron chi connectivity index (χ2n) is 4.55. The van der Waals surface area contributed by atoms with Crippen LogP contribution in [-0.2, 0) is 16.1 Å². The molecule has 2 rings (SSSR count). The number of hydrogen-bond acceptors (Lipinski definition) is 7. The molecule has 0 bridgehead atoms. The van der Waals surface area contributed by atoms with E-state index in [0.29, 0.717) is 5.92 Å². The Morgan fingerprint density at radius 2 is 2.33 bits per heavy atom. The van der Waals surface area contributed by atoms with Crippen molar-refractivity contribution >= 4 is 22.4 Å². The normalized spacial score (nSPS) is 24.2. The van der Waals surface area contributed by atoms with Crippen LogP contribution in [0.15, 0.2) is 0 Å². The Morgan fingerprint density at radius 3 is 2.94 bits per heavy atom. The molecule has 6 nitrogen and oxygen atoms in total. The van der Waals surface area contributed by atoms with Crippen molar-refractivity contribution in [2.24, 2.45) is 11.8 Å². The summed E-state index contributed by atoms with van der Waals surface area (Å²) in [7, 11) is 3.27. The highest BCUT2D eigenvalue weighted by molar-refractivity contribution is 7.15. The first-order valence-corrected chi connectivity index (χ1v) is 6.76. The van der Waals surface area contributed by atoms with Crippen molar-refractivity contribution < 1.29 is 9.53 Å². The summed E-state index contributed by atoms with van der Waals surface area (Å²) in [5.74, 6) is 0.194. The number of esters is 1. The number of nitrogens with zero attached hydrogens (tertiary/aromatic N) is 3. The molecule has 0 amide bonds. The van der Waals surface area contributed by atoms with Crippen LogP contribution in [0.3, 0.4) is 0 Å². The minimum absolute atomic E-state index is 0.0216. The van der Waals surface area contributed by atoms with Gasteiger partial charge in [-0.3, -0.25) is 9.69 Å². The highest BCUT2D eigenvalue weighted by Crippen LogP contribution is 2.26. The van der Waals surface area contributed by atoms with Crippen molar-refractivity contribution in [3.8, 4) is 0 Å². The fraction of sp³-hybridized carbons (Fsp3) is 0.727. The quantitative estimate of drug-likeness (QED) is 0.817. The van der Waals surface area contributed by atoms with Gasteiger partial charge in [-0.2, -0.15) is 0 Å². The van der Waals surface area contributed by atoms with Gasteiger partial charge in [-0.05, 0) is 5.92 Å². The summed E-state index contributed by atoms with van der Waals surface area (Å²) in [5.41, 5.74) is 0. The summed E-state index contributed by atoms with van der Waals surface area (Å²) in [4.78, 5) is 13.8. The summed E-state index contributed by atoms with van der Waals surface area (Å²) in [6.45, 7) is 4.47. The molecule has 1 aliphatic heterocycles. The van der Waals surface area contributed by atoms with E-state index in [9.17, 15) is 4.79 Å². The molecule has 1 fully saturated rings. The lowest BCUT2D eigenvalue weighted by Crippen LogP contribution is -2.24. The highest BCUT2D eigenvalue weighted by atomic mass is 32.1. The fourth-order valence-electron chi connectivity index (χ4n) is 2.26. The minimum Gasteiger partial charge on any atom is -0.469 e. The maximum atomic E-state index is 11.6. The number of ether oxygens (including phenoxy) is 1. The molecule has 0 aliphatic carbocycles. The Balaban J connectivity index is 1.94. The Hall–Kier alpha value is -1.21. The fourth-order valence-corrected chi connectivity index (χ4v) is 3.00. The summed E-state index contributed by atoms with van der Waals surface area (Å²) in [5, 5.41) is 12.9. The molecule has 1 aromatic heterocycles. The predicted octanol–water partition coefficient (Wildman–Crippen LogP) is 0.821. The van der Waals surface area contributed by atoms with Crippen LogP contribution in [0.4, 0.5) is 5.13 Å². The maximum absolute atomic E-state index is 11.6. The predicted molar refractivity (Wildman–Crippen MR) is 69.4 cm³/mol. The molecule has 7 heteroatoms. The van der Waals surface area contributed by atoms with Crippen molar-refractivity contribution in [3.05, 3.63) is 5.01 Å². The van der Waals surface area contributed by atoms with Gasteiger partial charge in [-0.1, -0.05) is 18.3 Å². The third-order valence-corrected chi connectivity index (χ3v) is 4.16. The van der Waals surface area contributed by atoms with Crippen molar-refractivity contribution in [2.45, 2.75) is 13.5 Å². The number of likely N-dealkylation sites (tertiary alicyclic amines) is 1. The van der Waals surface area contributed by atoms with Gasteiger partial charge in [0.15, 0.2) is 0 Å². The van der Waals surface area contributed by atoms with Gasteiger partial charge in [0, 0.05) is 20.1 Å². The molecule has 1 saturated heterocycles. The lowest BCUT2D eigenvalue weighted by atomic mass is 9.99. The molecule has 0 spiro atoms. The van der Waals surface area contributed by atoms with E-state index < -0.39 is 0 Å². The first-order chi connectivity index (χ1) is 8.63. The highest BCUT2D eigenvalue weighted by Gasteiger charge is 2.35. The Labute approximate surface area is 110 Å². The summed E-state index contributed by atoms with van der Waals surface area (Å²) < 4.78 is 4.82. The van der Waals surface area contributed by atoms with E-state index in [1.54, 1.807) is 11.3 Å². The molecule has 18 heavy (non-hydrogen) atoms. The summed E-state index contributed by atoms with van der Waals surface area (Å²) in [6.07, 6.45) is 0. The van der Waals surface area contributed by atoms with Crippen LogP contribution in [-0.4, -0.2) is 48.3 Å². The molecule has 1 N–H and O–H groups in total. The average Bonchev–Trinajstić information content (AvgIpc) is 2.95. The summed E-state index contributed by atoms with van der Waals surface area (Å²) in [6, 6.07) is 0. The van der Waals surface area contributed by atoms with Crippen LogP contribution in [0.5, 0.6) is 0 Å². The average molecular weight is 270 g/mol. The van der Waals surface area contributed by atoms with Crippen LogP contribution in [0, 0.1) is 11.8 Å². The zero-order chi connectivity index (χ0) is 13.1. The zero-order valence-electron chi connectivity index (χ0n) is 10.8. The van der Waals surface area contributed by atoms with E-state index in [1.807, 2.05) is 7.05 Å². The number of nitrogens with one attached hydrogen (secondary N) is 1. The first kappa shape index (κ1) is 13.2. The number of methoxy groups -OCH3 is 1. The first-order valence-electron chi connectivity index (χ1n) is 5.94. The molecular weight excluding hydrogens is 252 g/mol. The van der Waals surface area contributed by atoms with Crippen molar-refractivity contribution in [1.82, 2.24) is 15.1 Å². The molecule has 100 valence electrons. The Morgan fingerprint density at radius 1 is 1.56 bits per heavy atom. The van der Waals surface area contributed by atoms with Crippen molar-refractivity contribution in [3.63, 3.8) is 0 Å². The minimum atomic E-state index is -0.113. The molecule has 2 heterocycles. The summed E-state index contributed by atoms with van der Waals surface area (Å²) >= 11 is 1.55. The van der Waals surface area contributed by atoms with Gasteiger partial charge >= 0.3 is 5.97 Å². The van der Waals surface area contributed by atoms with E-state index in [4.69, 9.17) is 4.74 Å². The van der Waals surface area contributed by atoms with Gasteiger partial charge in [0.2, 0.25) is 5.13 Å². The molecule has 1 aliphatic rings. The monoisotopic (exact) mass is 270 g/mol. The molecule has 1 aromatic rings. The molecule has 0 radical (unpaired) electrons. The Bertz CT molecular complexity index is 423. The molecule has 0 saturated carbocycles. The van der Waals surface area contributed by atoms with E-state index >= 15 is 0 Å². The number of hydrogen-bond donors (Lipinski definition) is 1. The topological polar surface area (TPSA) is 67.4 Å². The molecule has 2 unspecified atom stereocenters. The second-order valence-corrected chi connectivity index (χ2v) is 5.61. The van der Waals surface area contributed by atoms with E-state index in [2.05, 4.69) is 27.3 Å². The number of aromatic nitrogens is 2. The third-order valence-electron chi connectivity index (χ3n) is 3.23. The van der Waals surface area contributed by atoms with Crippen LogP contribution < -0.4 is 5.32 Å². The van der Waals surface area contributed by atoms with Gasteiger partial charge in [0.25, 0.3) is 0 Å². The van der Waals surface area contributed by atoms with Gasteiger partial charge in [0.1, 0.15) is 5.01 Å². The molecule has 0 aromatic carbocycles. The van der Waals surface area contributed by atoms with Crippen molar-refractivity contribution in [1.29, 1.82) is 0 Å². The maximum Gasteiger partial charge on any atom is 0.310 e. The SMILES string of the molecule is CNc1nnc(CN2CC(C)C(C(=O)OC)C2)s1. The smallest absolute Gasteiger partial charge is 0.310 e.